The second-order valence-corrected chi connectivity index (χ2v) is 5.18. The number of fused-ring (bicyclic) bond motifs is 1. The highest BCUT2D eigenvalue weighted by atomic mass is 16.4. The van der Waals surface area contributed by atoms with Gasteiger partial charge in [0.15, 0.2) is 11.5 Å². The molecule has 0 aromatic carbocycles. The Morgan fingerprint density at radius 3 is 2.91 bits per heavy atom. The maximum absolute atomic E-state index is 12.1. The third kappa shape index (κ3) is 3.12. The van der Waals surface area contributed by atoms with Gasteiger partial charge in [-0.1, -0.05) is 0 Å². The topological polar surface area (TPSA) is 113 Å². The van der Waals surface area contributed by atoms with Gasteiger partial charge in [0.1, 0.15) is 17.6 Å². The Hall–Kier alpha value is -2.97. The number of carbonyl (C=O) groups is 1. The lowest BCUT2D eigenvalue weighted by Crippen LogP contribution is -2.35. The number of oxazole rings is 1. The molecule has 1 amide bonds. The van der Waals surface area contributed by atoms with Crippen molar-refractivity contribution in [1.29, 1.82) is 0 Å². The molecule has 3 aromatic rings. The molecule has 3 aromatic heterocycles. The van der Waals surface area contributed by atoms with E-state index in [1.54, 1.807) is 18.3 Å². The quantitative estimate of drug-likeness (QED) is 0.713. The van der Waals surface area contributed by atoms with Crippen molar-refractivity contribution in [2.45, 2.75) is 20.4 Å². The van der Waals surface area contributed by atoms with E-state index in [0.29, 0.717) is 22.9 Å². The molecule has 9 heteroatoms. The van der Waals surface area contributed by atoms with E-state index in [2.05, 4.69) is 30.2 Å². The fraction of sp³-hybridized carbons (Fsp3) is 0.357. The Morgan fingerprint density at radius 1 is 1.35 bits per heavy atom. The zero-order chi connectivity index (χ0) is 16.4. The van der Waals surface area contributed by atoms with E-state index in [-0.39, 0.29) is 19.0 Å². The third-order valence-electron chi connectivity index (χ3n) is 3.45. The van der Waals surface area contributed by atoms with E-state index in [0.717, 1.165) is 11.5 Å². The van der Waals surface area contributed by atoms with Crippen molar-refractivity contribution < 1.29 is 9.21 Å². The smallest absolute Gasteiger partial charge is 0.239 e. The molecule has 120 valence electrons. The number of likely N-dealkylation sites (N-methyl/N-ethyl adjacent to an activating group) is 1. The number of amides is 1. The van der Waals surface area contributed by atoms with Gasteiger partial charge in [0, 0.05) is 7.05 Å². The standard InChI is InChI=1S/C14H17N7O2/c1-8-9(2)23-11(20-8)4-15-10(22)5-21(3)14-12-13(17-6-16-12)18-7-19-14/h6-7H,4-5H2,1-3H3,(H,15,22)(H,16,17,18,19). The summed E-state index contributed by atoms with van der Waals surface area (Å²) in [4.78, 5) is 33.3. The Balaban J connectivity index is 1.62. The van der Waals surface area contributed by atoms with Gasteiger partial charge in [0.25, 0.3) is 0 Å². The Bertz CT molecular complexity index is 819. The number of H-pyrrole nitrogens is 1. The molecule has 2 N–H and O–H groups in total. The summed E-state index contributed by atoms with van der Waals surface area (Å²) >= 11 is 0. The van der Waals surface area contributed by atoms with E-state index in [9.17, 15) is 4.79 Å². The number of aromatic nitrogens is 5. The molecule has 3 rings (SSSR count). The summed E-state index contributed by atoms with van der Waals surface area (Å²) in [6, 6.07) is 0. The molecule has 0 aliphatic heterocycles. The number of imidazole rings is 1. The minimum Gasteiger partial charge on any atom is -0.444 e. The average molecular weight is 315 g/mol. The first-order valence-electron chi connectivity index (χ1n) is 7.09. The molecule has 0 unspecified atom stereocenters. The average Bonchev–Trinajstić information content (AvgIpc) is 3.11. The van der Waals surface area contributed by atoms with Gasteiger partial charge in [-0.2, -0.15) is 0 Å². The predicted octanol–water partition coefficient (Wildman–Crippen LogP) is 0.710. The Morgan fingerprint density at radius 2 is 2.17 bits per heavy atom. The zero-order valence-corrected chi connectivity index (χ0v) is 13.1. The first kappa shape index (κ1) is 14.9. The van der Waals surface area contributed by atoms with Crippen molar-refractivity contribution in [2.75, 3.05) is 18.5 Å². The van der Waals surface area contributed by atoms with Crippen molar-refractivity contribution in [1.82, 2.24) is 30.2 Å². The number of nitrogens with one attached hydrogen (secondary N) is 2. The van der Waals surface area contributed by atoms with Gasteiger partial charge in [0.2, 0.25) is 11.8 Å². The molecule has 9 nitrogen and oxygen atoms in total. The number of aromatic amines is 1. The second kappa shape index (κ2) is 6.03. The highest BCUT2D eigenvalue weighted by Crippen LogP contribution is 2.17. The SMILES string of the molecule is Cc1nc(CNC(=O)CN(C)c2ncnc3nc[nH]c23)oc1C. The molecule has 0 spiro atoms. The lowest BCUT2D eigenvalue weighted by atomic mass is 10.4. The van der Waals surface area contributed by atoms with Crippen molar-refractivity contribution >= 4 is 22.9 Å². The molecule has 0 saturated heterocycles. The van der Waals surface area contributed by atoms with E-state index in [1.165, 1.54) is 6.33 Å². The van der Waals surface area contributed by atoms with Crippen LogP contribution in [0.15, 0.2) is 17.1 Å². The van der Waals surface area contributed by atoms with Crippen molar-refractivity contribution in [3.63, 3.8) is 0 Å². The molecule has 0 bridgehead atoms. The molecular weight excluding hydrogens is 298 g/mol. The van der Waals surface area contributed by atoms with Gasteiger partial charge in [-0.05, 0) is 13.8 Å². The molecule has 0 fully saturated rings. The fourth-order valence-corrected chi connectivity index (χ4v) is 2.18. The number of nitrogens with zero attached hydrogens (tertiary/aromatic N) is 5. The van der Waals surface area contributed by atoms with Gasteiger partial charge in [-0.25, -0.2) is 19.9 Å². The summed E-state index contributed by atoms with van der Waals surface area (Å²) in [5.74, 6) is 1.71. The normalized spacial score (nSPS) is 10.9. The summed E-state index contributed by atoms with van der Waals surface area (Å²) < 4.78 is 5.43. The Kier molecular flexibility index (Phi) is 3.92. The van der Waals surface area contributed by atoms with Crippen LogP contribution in [0.4, 0.5) is 5.82 Å². The molecule has 0 atom stereocenters. The molecule has 0 aliphatic carbocycles. The predicted molar refractivity (Wildman–Crippen MR) is 82.8 cm³/mol. The lowest BCUT2D eigenvalue weighted by Gasteiger charge is -2.17. The number of hydrogen-bond donors (Lipinski definition) is 2. The van der Waals surface area contributed by atoms with Crippen LogP contribution in [-0.4, -0.2) is 44.4 Å². The van der Waals surface area contributed by atoms with Crippen molar-refractivity contribution in [3.05, 3.63) is 30.0 Å². The number of hydrogen-bond acceptors (Lipinski definition) is 7. The highest BCUT2D eigenvalue weighted by Gasteiger charge is 2.14. The number of aryl methyl sites for hydroxylation is 2. The maximum atomic E-state index is 12.1. The minimum absolute atomic E-state index is 0.143. The first-order valence-corrected chi connectivity index (χ1v) is 7.09. The van der Waals surface area contributed by atoms with Crippen LogP contribution < -0.4 is 10.2 Å². The maximum Gasteiger partial charge on any atom is 0.239 e. The molecule has 3 heterocycles. The highest BCUT2D eigenvalue weighted by molar-refractivity contribution is 5.86. The zero-order valence-electron chi connectivity index (χ0n) is 13.1. The van der Waals surface area contributed by atoms with E-state index >= 15 is 0 Å². The van der Waals surface area contributed by atoms with Gasteiger partial charge in [-0.15, -0.1) is 0 Å². The second-order valence-electron chi connectivity index (χ2n) is 5.18. The molecule has 0 aliphatic rings. The molecular formula is C14H17N7O2. The van der Waals surface area contributed by atoms with Crippen molar-refractivity contribution in [2.24, 2.45) is 0 Å². The fourth-order valence-electron chi connectivity index (χ4n) is 2.18. The molecule has 0 radical (unpaired) electrons. The van der Waals surface area contributed by atoms with Crippen LogP contribution in [-0.2, 0) is 11.3 Å². The molecule has 23 heavy (non-hydrogen) atoms. The van der Waals surface area contributed by atoms with E-state index in [4.69, 9.17) is 4.42 Å². The van der Waals surface area contributed by atoms with Crippen LogP contribution >= 0.6 is 0 Å². The van der Waals surface area contributed by atoms with Gasteiger partial charge in [-0.3, -0.25) is 4.79 Å². The van der Waals surface area contributed by atoms with Crippen molar-refractivity contribution in [3.8, 4) is 0 Å². The summed E-state index contributed by atoms with van der Waals surface area (Å²) in [5, 5.41) is 2.78. The largest absolute Gasteiger partial charge is 0.444 e. The summed E-state index contributed by atoms with van der Waals surface area (Å²) in [7, 11) is 1.78. The lowest BCUT2D eigenvalue weighted by molar-refractivity contribution is -0.120. The number of rotatable bonds is 5. The van der Waals surface area contributed by atoms with E-state index in [1.807, 2.05) is 13.8 Å². The van der Waals surface area contributed by atoms with Crippen LogP contribution in [0.1, 0.15) is 17.3 Å². The van der Waals surface area contributed by atoms with Crippen LogP contribution in [0.25, 0.3) is 11.2 Å². The Labute approximate surface area is 132 Å². The number of anilines is 1. The van der Waals surface area contributed by atoms with Crippen LogP contribution in [0.2, 0.25) is 0 Å². The van der Waals surface area contributed by atoms with Crippen LogP contribution in [0.5, 0.6) is 0 Å². The summed E-state index contributed by atoms with van der Waals surface area (Å²) in [6.45, 7) is 4.10. The number of carbonyl (C=O) groups excluding carboxylic acids is 1. The van der Waals surface area contributed by atoms with Gasteiger partial charge in [0.05, 0.1) is 25.1 Å². The molecule has 0 saturated carbocycles. The van der Waals surface area contributed by atoms with Gasteiger partial charge >= 0.3 is 0 Å². The monoisotopic (exact) mass is 315 g/mol. The van der Waals surface area contributed by atoms with Gasteiger partial charge < -0.3 is 19.6 Å². The summed E-state index contributed by atoms with van der Waals surface area (Å²) in [6.07, 6.45) is 2.97. The summed E-state index contributed by atoms with van der Waals surface area (Å²) in [5.41, 5.74) is 2.09. The first-order chi connectivity index (χ1) is 11.0. The van der Waals surface area contributed by atoms with Crippen LogP contribution in [0, 0.1) is 13.8 Å². The third-order valence-corrected chi connectivity index (χ3v) is 3.45. The van der Waals surface area contributed by atoms with E-state index < -0.39 is 0 Å². The van der Waals surface area contributed by atoms with Crippen LogP contribution in [0.3, 0.4) is 0 Å². The minimum atomic E-state index is -0.160.